The molecular formula is C26H36ClFN2O2S. The number of hydrogen-bond acceptors (Lipinski definition) is 5. The van der Waals surface area contributed by atoms with Crippen molar-refractivity contribution in [2.45, 2.75) is 62.8 Å². The molecule has 0 radical (unpaired) electrons. The van der Waals surface area contributed by atoms with Crippen molar-refractivity contribution < 1.29 is 14.2 Å². The number of methoxy groups -OCH3 is 1. The maximum atomic E-state index is 15.6. The molecule has 1 aliphatic carbocycles. The highest BCUT2D eigenvalue weighted by molar-refractivity contribution is 7.99. The zero-order chi connectivity index (χ0) is 23.3. The molecule has 33 heavy (non-hydrogen) atoms. The number of hydrogen-bond donors (Lipinski definition) is 1. The minimum atomic E-state index is -1.21. The first-order valence-electron chi connectivity index (χ1n) is 12.2. The first kappa shape index (κ1) is 25.0. The molecule has 1 aromatic heterocycles. The quantitative estimate of drug-likeness (QED) is 0.412. The van der Waals surface area contributed by atoms with Crippen molar-refractivity contribution in [3.05, 3.63) is 35.0 Å². The Morgan fingerprint density at radius 3 is 2.76 bits per heavy atom. The van der Waals surface area contributed by atoms with Crippen LogP contribution in [-0.4, -0.2) is 59.3 Å². The summed E-state index contributed by atoms with van der Waals surface area (Å²) in [5, 5.41) is 12.1. The molecule has 2 heterocycles. The summed E-state index contributed by atoms with van der Waals surface area (Å²) in [5.74, 6) is 1.85. The second-order valence-corrected chi connectivity index (χ2v) is 11.5. The normalized spacial score (nSPS) is 20.4. The Kier molecular flexibility index (Phi) is 8.77. The lowest BCUT2D eigenvalue weighted by atomic mass is 9.74. The van der Waals surface area contributed by atoms with Gasteiger partial charge < -0.3 is 14.7 Å². The summed E-state index contributed by atoms with van der Waals surface area (Å²) in [6.45, 7) is 3.20. The molecule has 0 amide bonds. The van der Waals surface area contributed by atoms with Gasteiger partial charge in [-0.2, -0.15) is 11.8 Å². The van der Waals surface area contributed by atoms with Crippen molar-refractivity contribution >= 4 is 34.3 Å². The zero-order valence-electron chi connectivity index (χ0n) is 19.6. The fourth-order valence-electron chi connectivity index (χ4n) is 5.33. The Hall–Kier alpha value is -1.08. The maximum Gasteiger partial charge on any atom is 0.127 e. The first-order chi connectivity index (χ1) is 16.0. The highest BCUT2D eigenvalue weighted by atomic mass is 35.5. The van der Waals surface area contributed by atoms with E-state index in [4.69, 9.17) is 16.3 Å². The van der Waals surface area contributed by atoms with E-state index in [2.05, 4.69) is 21.6 Å². The molecule has 2 fully saturated rings. The lowest BCUT2D eigenvalue weighted by Crippen LogP contribution is -2.43. The summed E-state index contributed by atoms with van der Waals surface area (Å²) >= 11 is 8.53. The lowest BCUT2D eigenvalue weighted by Gasteiger charge is -2.41. The van der Waals surface area contributed by atoms with Crippen LogP contribution in [0.25, 0.3) is 10.9 Å². The van der Waals surface area contributed by atoms with Gasteiger partial charge in [-0.1, -0.05) is 24.4 Å². The standard InChI is InChI=1S/C26H36ClFN2O2S/c1-32-19-6-7-24-21(16-19)25(22(27)17-29-24)23(28)8-9-26(18-31)10-12-30(13-11-26)14-15-33-20-4-2-3-5-20/h6-7,16-17,20,23,31H,2-5,8-15,18H2,1H3/t23-/m0/s1. The van der Waals surface area contributed by atoms with E-state index in [1.54, 1.807) is 13.2 Å². The van der Waals surface area contributed by atoms with Crippen LogP contribution in [0, 0.1) is 5.41 Å². The molecular weight excluding hydrogens is 459 g/mol. The third-order valence-electron chi connectivity index (χ3n) is 7.62. The second-order valence-electron chi connectivity index (χ2n) is 9.69. The van der Waals surface area contributed by atoms with E-state index in [0.29, 0.717) is 40.1 Å². The van der Waals surface area contributed by atoms with Crippen LogP contribution in [0.3, 0.4) is 0 Å². The van der Waals surface area contributed by atoms with E-state index < -0.39 is 6.17 Å². The van der Waals surface area contributed by atoms with Crippen LogP contribution in [0.1, 0.15) is 63.1 Å². The molecule has 4 nitrogen and oxygen atoms in total. The monoisotopic (exact) mass is 494 g/mol. The number of piperidine rings is 1. The van der Waals surface area contributed by atoms with Gasteiger partial charge in [0.25, 0.3) is 0 Å². The number of likely N-dealkylation sites (tertiary alicyclic amines) is 1. The van der Waals surface area contributed by atoms with Gasteiger partial charge in [0.05, 0.1) is 17.6 Å². The SMILES string of the molecule is COc1ccc2ncc(Cl)c([C@@H](F)CCC3(CO)CCN(CCSC4CCCC4)CC3)c2c1. The molecule has 4 rings (SSSR count). The Morgan fingerprint density at radius 2 is 2.06 bits per heavy atom. The van der Waals surface area contributed by atoms with Crippen molar-refractivity contribution in [3.63, 3.8) is 0 Å². The number of rotatable bonds is 10. The zero-order valence-corrected chi connectivity index (χ0v) is 21.1. The van der Waals surface area contributed by atoms with Gasteiger partial charge in [0.15, 0.2) is 0 Å². The van der Waals surface area contributed by atoms with E-state index in [9.17, 15) is 5.11 Å². The lowest BCUT2D eigenvalue weighted by molar-refractivity contribution is 0.0323. The van der Waals surface area contributed by atoms with Crippen LogP contribution < -0.4 is 4.74 Å². The summed E-state index contributed by atoms with van der Waals surface area (Å²) in [4.78, 5) is 6.85. The predicted molar refractivity (Wildman–Crippen MR) is 136 cm³/mol. The number of halogens is 2. The number of alkyl halides is 1. The largest absolute Gasteiger partial charge is 0.497 e. The van der Waals surface area contributed by atoms with Crippen LogP contribution in [0.4, 0.5) is 4.39 Å². The second kappa shape index (κ2) is 11.6. The van der Waals surface area contributed by atoms with Crippen LogP contribution in [0.2, 0.25) is 5.02 Å². The van der Waals surface area contributed by atoms with E-state index in [1.165, 1.54) is 37.6 Å². The number of thioether (sulfide) groups is 1. The average Bonchev–Trinajstić information content (AvgIpc) is 3.36. The van der Waals surface area contributed by atoms with Crippen LogP contribution in [0.5, 0.6) is 5.75 Å². The fourth-order valence-corrected chi connectivity index (χ4v) is 6.96. The fraction of sp³-hybridized carbons (Fsp3) is 0.654. The molecule has 1 aliphatic heterocycles. The minimum Gasteiger partial charge on any atom is -0.497 e. The molecule has 1 aromatic carbocycles. The summed E-state index contributed by atoms with van der Waals surface area (Å²) in [6, 6.07) is 5.46. The van der Waals surface area contributed by atoms with Crippen molar-refractivity contribution in [2.24, 2.45) is 5.41 Å². The van der Waals surface area contributed by atoms with Gasteiger partial charge in [-0.25, -0.2) is 4.39 Å². The van der Waals surface area contributed by atoms with Gasteiger partial charge in [-0.05, 0) is 75.2 Å². The van der Waals surface area contributed by atoms with E-state index in [1.807, 2.05) is 12.1 Å². The van der Waals surface area contributed by atoms with Crippen molar-refractivity contribution in [2.75, 3.05) is 39.1 Å². The van der Waals surface area contributed by atoms with Crippen LogP contribution in [-0.2, 0) is 0 Å². The van der Waals surface area contributed by atoms with E-state index in [0.717, 1.165) is 37.7 Å². The van der Waals surface area contributed by atoms with Crippen molar-refractivity contribution in [1.82, 2.24) is 9.88 Å². The minimum absolute atomic E-state index is 0.114. The van der Waals surface area contributed by atoms with Crippen molar-refractivity contribution in [1.29, 1.82) is 0 Å². The number of aliphatic hydroxyl groups excluding tert-OH is 1. The topological polar surface area (TPSA) is 45.6 Å². The van der Waals surface area contributed by atoms with Crippen molar-refractivity contribution in [3.8, 4) is 5.75 Å². The number of ether oxygens (including phenoxy) is 1. The molecule has 7 heteroatoms. The van der Waals surface area contributed by atoms with Crippen LogP contribution in [0.15, 0.2) is 24.4 Å². The molecule has 1 saturated carbocycles. The Labute approximate surface area is 206 Å². The number of fused-ring (bicyclic) bond motifs is 1. The number of aromatic nitrogens is 1. The third kappa shape index (κ3) is 6.14. The summed E-state index contributed by atoms with van der Waals surface area (Å²) < 4.78 is 20.9. The average molecular weight is 495 g/mol. The van der Waals surface area contributed by atoms with Gasteiger partial charge in [0, 0.05) is 41.3 Å². The molecule has 1 saturated heterocycles. The Bertz CT molecular complexity index is 917. The van der Waals surface area contributed by atoms with E-state index in [-0.39, 0.29) is 12.0 Å². The number of pyridine rings is 1. The molecule has 1 atom stereocenters. The van der Waals surface area contributed by atoms with Gasteiger partial charge in [-0.15, -0.1) is 0 Å². The molecule has 182 valence electrons. The molecule has 0 unspecified atom stereocenters. The summed E-state index contributed by atoms with van der Waals surface area (Å²) in [6.07, 6.45) is 8.70. The molecule has 0 spiro atoms. The number of nitrogens with zero attached hydrogens (tertiary/aromatic N) is 2. The Balaban J connectivity index is 1.33. The maximum absolute atomic E-state index is 15.6. The van der Waals surface area contributed by atoms with Gasteiger partial charge in [0.1, 0.15) is 11.9 Å². The highest BCUT2D eigenvalue weighted by Crippen LogP contribution is 2.42. The molecule has 2 aromatic rings. The molecule has 0 bridgehead atoms. The molecule has 2 aliphatic rings. The smallest absolute Gasteiger partial charge is 0.127 e. The number of benzene rings is 1. The highest BCUT2D eigenvalue weighted by Gasteiger charge is 2.35. The predicted octanol–water partition coefficient (Wildman–Crippen LogP) is 6.44. The first-order valence-corrected chi connectivity index (χ1v) is 13.7. The van der Waals surface area contributed by atoms with Gasteiger partial charge >= 0.3 is 0 Å². The summed E-state index contributed by atoms with van der Waals surface area (Å²) in [5.41, 5.74) is 0.987. The molecule has 1 N–H and O–H groups in total. The van der Waals surface area contributed by atoms with E-state index >= 15 is 4.39 Å². The Morgan fingerprint density at radius 1 is 1.30 bits per heavy atom. The van der Waals surface area contributed by atoms with Gasteiger partial charge in [-0.3, -0.25) is 4.98 Å². The number of aliphatic hydroxyl groups is 1. The third-order valence-corrected chi connectivity index (χ3v) is 9.29. The summed E-state index contributed by atoms with van der Waals surface area (Å²) in [7, 11) is 1.59. The van der Waals surface area contributed by atoms with Gasteiger partial charge in [0.2, 0.25) is 0 Å². The van der Waals surface area contributed by atoms with Crippen LogP contribution >= 0.6 is 23.4 Å².